The van der Waals surface area contributed by atoms with E-state index in [9.17, 15) is 4.79 Å². The maximum absolute atomic E-state index is 11.9. The van der Waals surface area contributed by atoms with Gasteiger partial charge in [0.1, 0.15) is 10.7 Å². The number of nitrogens with two attached hydrogens (primary N) is 1. The van der Waals surface area contributed by atoms with Crippen LogP contribution in [0.15, 0.2) is 47.1 Å². The van der Waals surface area contributed by atoms with E-state index < -0.39 is 0 Å². The summed E-state index contributed by atoms with van der Waals surface area (Å²) in [6.07, 6.45) is 1.90. The zero-order chi connectivity index (χ0) is 14.5. The molecule has 1 amide bonds. The molecule has 0 saturated heterocycles. The van der Waals surface area contributed by atoms with Gasteiger partial charge in [-0.3, -0.25) is 4.79 Å². The number of nitrogens with one attached hydrogen (secondary N) is 1. The van der Waals surface area contributed by atoms with Gasteiger partial charge in [-0.2, -0.15) is 0 Å². The lowest BCUT2D eigenvalue weighted by Crippen LogP contribution is -2.27. The predicted molar refractivity (Wildman–Crippen MR) is 81.3 cm³/mol. The van der Waals surface area contributed by atoms with E-state index in [0.29, 0.717) is 11.4 Å². The molecule has 1 aromatic heterocycles. The van der Waals surface area contributed by atoms with Crippen molar-refractivity contribution >= 4 is 23.1 Å². The van der Waals surface area contributed by atoms with E-state index in [2.05, 4.69) is 5.32 Å². The van der Waals surface area contributed by atoms with E-state index >= 15 is 0 Å². The molecule has 0 aliphatic carbocycles. The zero-order valence-electron chi connectivity index (χ0n) is 11.1. The van der Waals surface area contributed by atoms with Crippen molar-refractivity contribution in [3.8, 4) is 0 Å². The van der Waals surface area contributed by atoms with Crippen LogP contribution in [0.5, 0.6) is 0 Å². The number of hydrogen-bond donors (Lipinski definition) is 2. The van der Waals surface area contributed by atoms with Gasteiger partial charge in [-0.15, -0.1) is 0 Å². The van der Waals surface area contributed by atoms with Crippen molar-refractivity contribution in [2.24, 2.45) is 5.73 Å². The second kappa shape index (κ2) is 6.34. The smallest absolute Gasteiger partial charge is 0.224 e. The first-order chi connectivity index (χ1) is 9.56. The lowest BCUT2D eigenvalue weighted by molar-refractivity contribution is -0.121. The van der Waals surface area contributed by atoms with Crippen molar-refractivity contribution in [1.29, 1.82) is 0 Å². The summed E-state index contributed by atoms with van der Waals surface area (Å²) in [6.45, 7) is 1.88. The fourth-order valence-corrected chi connectivity index (χ4v) is 2.01. The number of carbonyl (C=O) groups excluding carboxylic acids is 1. The molecule has 4 nitrogen and oxygen atoms in total. The monoisotopic (exact) mass is 288 g/mol. The van der Waals surface area contributed by atoms with Crippen LogP contribution in [-0.4, -0.2) is 10.9 Å². The van der Waals surface area contributed by atoms with Crippen LogP contribution in [0.2, 0.25) is 0 Å². The van der Waals surface area contributed by atoms with Crippen LogP contribution in [-0.2, 0) is 11.2 Å². The van der Waals surface area contributed by atoms with Crippen molar-refractivity contribution in [3.63, 3.8) is 0 Å². The summed E-state index contributed by atoms with van der Waals surface area (Å²) in [6, 6.07) is 10.8. The lowest BCUT2D eigenvalue weighted by Gasteiger charge is -2.11. The van der Waals surface area contributed by atoms with Crippen molar-refractivity contribution < 1.29 is 9.21 Å². The molecule has 20 heavy (non-hydrogen) atoms. The Hall–Kier alpha value is -2.14. The highest BCUT2D eigenvalue weighted by atomic mass is 32.1. The van der Waals surface area contributed by atoms with Crippen LogP contribution in [0.3, 0.4) is 0 Å². The molecule has 0 radical (unpaired) electrons. The Kier molecular flexibility index (Phi) is 4.53. The standard InChI is InChI=1S/C15H16N2O2S/c1-10(13-3-2-8-19-13)17-14(18)9-11-4-6-12(7-5-11)15(16)20/h2-8,10H,9H2,1H3,(H2,16,20)(H,17,18). The Balaban J connectivity index is 1.92. The molecule has 0 bridgehead atoms. The molecule has 5 heteroatoms. The summed E-state index contributed by atoms with van der Waals surface area (Å²) < 4.78 is 5.25. The summed E-state index contributed by atoms with van der Waals surface area (Å²) in [5.74, 6) is 0.680. The fourth-order valence-electron chi connectivity index (χ4n) is 1.87. The van der Waals surface area contributed by atoms with Gasteiger partial charge >= 0.3 is 0 Å². The Morgan fingerprint density at radius 1 is 1.35 bits per heavy atom. The van der Waals surface area contributed by atoms with Crippen LogP contribution < -0.4 is 11.1 Å². The number of benzene rings is 1. The molecule has 2 aromatic rings. The van der Waals surface area contributed by atoms with Gasteiger partial charge in [0.05, 0.1) is 18.7 Å². The lowest BCUT2D eigenvalue weighted by atomic mass is 10.1. The second-order valence-corrected chi connectivity index (χ2v) is 4.98. The van der Waals surface area contributed by atoms with Crippen molar-refractivity contribution in [3.05, 3.63) is 59.5 Å². The molecule has 1 aromatic carbocycles. The minimum atomic E-state index is -0.145. The third-order valence-corrected chi connectivity index (χ3v) is 3.19. The van der Waals surface area contributed by atoms with E-state index in [-0.39, 0.29) is 11.9 Å². The van der Waals surface area contributed by atoms with Crippen molar-refractivity contribution in [1.82, 2.24) is 5.32 Å². The molecule has 1 unspecified atom stereocenters. The number of furan rings is 1. The molecule has 104 valence electrons. The normalized spacial score (nSPS) is 11.8. The molecule has 2 rings (SSSR count). The van der Waals surface area contributed by atoms with Gasteiger partial charge in [-0.05, 0) is 24.6 Å². The van der Waals surface area contributed by atoms with E-state index in [0.717, 1.165) is 16.9 Å². The molecular weight excluding hydrogens is 272 g/mol. The first kappa shape index (κ1) is 14.3. The molecule has 0 aliphatic heterocycles. The summed E-state index contributed by atoms with van der Waals surface area (Å²) in [5, 5.41) is 2.88. The van der Waals surface area contributed by atoms with E-state index in [1.165, 1.54) is 0 Å². The van der Waals surface area contributed by atoms with E-state index in [1.807, 2.05) is 37.3 Å². The van der Waals surface area contributed by atoms with Crippen LogP contribution in [0.25, 0.3) is 0 Å². The molecule has 1 heterocycles. The molecule has 0 saturated carbocycles. The first-order valence-electron chi connectivity index (χ1n) is 6.28. The number of thiocarbonyl (C=S) groups is 1. The molecule has 0 spiro atoms. The zero-order valence-corrected chi connectivity index (χ0v) is 11.9. The Labute approximate surface area is 123 Å². The third kappa shape index (κ3) is 3.68. The van der Waals surface area contributed by atoms with Gasteiger partial charge in [-0.1, -0.05) is 36.5 Å². The summed E-state index contributed by atoms with van der Waals surface area (Å²) >= 11 is 4.88. The van der Waals surface area contributed by atoms with Crippen LogP contribution in [0.4, 0.5) is 0 Å². The van der Waals surface area contributed by atoms with Gasteiger partial charge < -0.3 is 15.5 Å². The Morgan fingerprint density at radius 3 is 2.60 bits per heavy atom. The maximum atomic E-state index is 11.9. The van der Waals surface area contributed by atoms with Crippen LogP contribution in [0, 0.1) is 0 Å². The molecular formula is C15H16N2O2S. The molecule has 1 atom stereocenters. The van der Waals surface area contributed by atoms with Crippen molar-refractivity contribution in [2.45, 2.75) is 19.4 Å². The fraction of sp³-hybridized carbons (Fsp3) is 0.200. The van der Waals surface area contributed by atoms with Crippen molar-refractivity contribution in [2.75, 3.05) is 0 Å². The average Bonchev–Trinajstić information content (AvgIpc) is 2.93. The highest BCUT2D eigenvalue weighted by Crippen LogP contribution is 2.12. The summed E-state index contributed by atoms with van der Waals surface area (Å²) in [7, 11) is 0. The van der Waals surface area contributed by atoms with Gasteiger partial charge in [0.25, 0.3) is 0 Å². The minimum Gasteiger partial charge on any atom is -0.467 e. The highest BCUT2D eigenvalue weighted by molar-refractivity contribution is 7.80. The quantitative estimate of drug-likeness (QED) is 0.829. The predicted octanol–water partition coefficient (Wildman–Crippen LogP) is 2.33. The Morgan fingerprint density at radius 2 is 2.05 bits per heavy atom. The van der Waals surface area contributed by atoms with Gasteiger partial charge in [0, 0.05) is 5.56 Å². The maximum Gasteiger partial charge on any atom is 0.224 e. The molecule has 0 aliphatic rings. The number of hydrogen-bond acceptors (Lipinski definition) is 3. The van der Waals surface area contributed by atoms with Crippen LogP contribution in [0.1, 0.15) is 29.9 Å². The summed E-state index contributed by atoms with van der Waals surface area (Å²) in [4.78, 5) is 12.3. The molecule has 3 N–H and O–H groups in total. The van der Waals surface area contributed by atoms with E-state index in [1.54, 1.807) is 12.3 Å². The number of carbonyl (C=O) groups is 1. The van der Waals surface area contributed by atoms with Gasteiger partial charge in [0.2, 0.25) is 5.91 Å². The number of rotatable bonds is 5. The van der Waals surface area contributed by atoms with Gasteiger partial charge in [0.15, 0.2) is 0 Å². The largest absolute Gasteiger partial charge is 0.467 e. The Bertz CT molecular complexity index is 591. The topological polar surface area (TPSA) is 68.3 Å². The van der Waals surface area contributed by atoms with E-state index in [4.69, 9.17) is 22.4 Å². The number of amides is 1. The SMILES string of the molecule is CC(NC(=O)Cc1ccc(C(N)=S)cc1)c1ccco1. The molecule has 0 fully saturated rings. The van der Waals surface area contributed by atoms with Gasteiger partial charge in [-0.25, -0.2) is 0 Å². The average molecular weight is 288 g/mol. The third-order valence-electron chi connectivity index (χ3n) is 2.95. The second-order valence-electron chi connectivity index (χ2n) is 4.54. The highest BCUT2D eigenvalue weighted by Gasteiger charge is 2.12. The summed E-state index contributed by atoms with van der Waals surface area (Å²) in [5.41, 5.74) is 7.24. The van der Waals surface area contributed by atoms with Crippen LogP contribution >= 0.6 is 12.2 Å². The minimum absolute atomic E-state index is 0.0584. The first-order valence-corrected chi connectivity index (χ1v) is 6.68.